The highest BCUT2D eigenvalue weighted by atomic mass is 32.2. The molecule has 0 spiro atoms. The third kappa shape index (κ3) is 5.65. The van der Waals surface area contributed by atoms with E-state index in [-0.39, 0.29) is 11.7 Å². The largest absolute Gasteiger partial charge is 0.494 e. The lowest BCUT2D eigenvalue weighted by Gasteiger charge is -2.08. The summed E-state index contributed by atoms with van der Waals surface area (Å²) < 4.78 is 10.9. The molecule has 0 aliphatic heterocycles. The number of benzene rings is 1. The number of carbonyl (C=O) groups is 1. The van der Waals surface area contributed by atoms with Gasteiger partial charge in [-0.2, -0.15) is 5.10 Å². The highest BCUT2D eigenvalue weighted by Crippen LogP contribution is 2.17. The number of hydrogen-bond donors (Lipinski definition) is 2. The number of carbonyl (C=O) groups excluding carboxylic acids is 1. The molecule has 2 N–H and O–H groups in total. The summed E-state index contributed by atoms with van der Waals surface area (Å²) in [7, 11) is 0. The van der Waals surface area contributed by atoms with Gasteiger partial charge in [-0.25, -0.2) is 4.98 Å². The standard InChI is InChI=1S/C14H18N4O3S/c1-2-20-11-3-5-12(6-4-11)21-8-7-15-13(19)9-22-14-16-10-17-18-14/h3-6,10H,2,7-9H2,1H3,(H,15,19)(H,16,17,18). The summed E-state index contributed by atoms with van der Waals surface area (Å²) >= 11 is 1.30. The summed E-state index contributed by atoms with van der Waals surface area (Å²) in [6.07, 6.45) is 1.41. The molecular formula is C14H18N4O3S. The minimum Gasteiger partial charge on any atom is -0.494 e. The lowest BCUT2D eigenvalue weighted by molar-refractivity contribution is -0.118. The topological polar surface area (TPSA) is 89.1 Å². The number of nitrogens with zero attached hydrogens (tertiary/aromatic N) is 2. The molecule has 0 saturated carbocycles. The van der Waals surface area contributed by atoms with E-state index in [0.29, 0.717) is 24.9 Å². The van der Waals surface area contributed by atoms with Gasteiger partial charge in [0.2, 0.25) is 5.91 Å². The van der Waals surface area contributed by atoms with E-state index in [4.69, 9.17) is 9.47 Å². The molecule has 22 heavy (non-hydrogen) atoms. The van der Waals surface area contributed by atoms with Crippen molar-refractivity contribution < 1.29 is 14.3 Å². The van der Waals surface area contributed by atoms with E-state index in [0.717, 1.165) is 11.5 Å². The number of ether oxygens (including phenoxy) is 2. The normalized spacial score (nSPS) is 10.2. The Labute approximate surface area is 132 Å². The highest BCUT2D eigenvalue weighted by molar-refractivity contribution is 7.99. The first-order valence-corrected chi connectivity index (χ1v) is 7.87. The number of H-pyrrole nitrogens is 1. The SMILES string of the molecule is CCOc1ccc(OCCNC(=O)CSc2ncn[nH]2)cc1. The monoisotopic (exact) mass is 322 g/mol. The van der Waals surface area contributed by atoms with Crippen molar-refractivity contribution in [3.63, 3.8) is 0 Å². The minimum atomic E-state index is -0.0725. The second-order valence-corrected chi connectivity index (χ2v) is 5.15. The van der Waals surface area contributed by atoms with Crippen molar-refractivity contribution in [2.24, 2.45) is 0 Å². The van der Waals surface area contributed by atoms with Crippen molar-refractivity contribution in [1.82, 2.24) is 20.5 Å². The summed E-state index contributed by atoms with van der Waals surface area (Å²) in [5.41, 5.74) is 0. The van der Waals surface area contributed by atoms with Crippen LogP contribution >= 0.6 is 11.8 Å². The van der Waals surface area contributed by atoms with Gasteiger partial charge in [0.25, 0.3) is 0 Å². The Kier molecular flexibility index (Phi) is 6.56. The van der Waals surface area contributed by atoms with Gasteiger partial charge in [-0.1, -0.05) is 11.8 Å². The van der Waals surface area contributed by atoms with Crippen LogP contribution in [0, 0.1) is 0 Å². The molecule has 8 heteroatoms. The van der Waals surface area contributed by atoms with Gasteiger partial charge in [0.05, 0.1) is 18.9 Å². The Balaban J connectivity index is 1.59. The zero-order valence-corrected chi connectivity index (χ0v) is 13.1. The van der Waals surface area contributed by atoms with Crippen LogP contribution in [0.25, 0.3) is 0 Å². The molecule has 1 heterocycles. The maximum Gasteiger partial charge on any atom is 0.230 e. The van der Waals surface area contributed by atoms with Gasteiger partial charge in [-0.3, -0.25) is 9.89 Å². The molecule has 0 radical (unpaired) electrons. The van der Waals surface area contributed by atoms with Crippen LogP contribution in [0.2, 0.25) is 0 Å². The van der Waals surface area contributed by atoms with E-state index < -0.39 is 0 Å². The fourth-order valence-corrected chi connectivity index (χ4v) is 2.22. The van der Waals surface area contributed by atoms with Crippen LogP contribution in [0.3, 0.4) is 0 Å². The summed E-state index contributed by atoms with van der Waals surface area (Å²) in [6.45, 7) is 3.43. The van der Waals surface area contributed by atoms with Gasteiger partial charge in [-0.05, 0) is 31.2 Å². The first kappa shape index (κ1) is 16.2. The Morgan fingerprint density at radius 2 is 2.00 bits per heavy atom. The van der Waals surface area contributed by atoms with E-state index in [2.05, 4.69) is 20.5 Å². The van der Waals surface area contributed by atoms with Gasteiger partial charge >= 0.3 is 0 Å². The number of nitrogens with one attached hydrogen (secondary N) is 2. The molecule has 1 aromatic heterocycles. The van der Waals surface area contributed by atoms with Crippen molar-refractivity contribution >= 4 is 17.7 Å². The van der Waals surface area contributed by atoms with Crippen LogP contribution < -0.4 is 14.8 Å². The lowest BCUT2D eigenvalue weighted by atomic mass is 10.3. The molecule has 0 bridgehead atoms. The van der Waals surface area contributed by atoms with Gasteiger partial charge < -0.3 is 14.8 Å². The smallest absolute Gasteiger partial charge is 0.230 e. The maximum absolute atomic E-state index is 11.6. The van der Waals surface area contributed by atoms with Crippen molar-refractivity contribution in [2.75, 3.05) is 25.5 Å². The summed E-state index contributed by atoms with van der Waals surface area (Å²) in [5, 5.41) is 9.79. The molecule has 0 fully saturated rings. The minimum absolute atomic E-state index is 0.0725. The molecule has 0 atom stereocenters. The van der Waals surface area contributed by atoms with Crippen molar-refractivity contribution in [2.45, 2.75) is 12.1 Å². The van der Waals surface area contributed by atoms with E-state index in [1.165, 1.54) is 18.1 Å². The van der Waals surface area contributed by atoms with Crippen LogP contribution in [0.1, 0.15) is 6.92 Å². The molecular weight excluding hydrogens is 304 g/mol. The van der Waals surface area contributed by atoms with E-state index in [1.54, 1.807) is 0 Å². The van der Waals surface area contributed by atoms with Crippen molar-refractivity contribution in [3.8, 4) is 11.5 Å². The first-order valence-electron chi connectivity index (χ1n) is 6.88. The van der Waals surface area contributed by atoms with E-state index >= 15 is 0 Å². The van der Waals surface area contributed by atoms with Crippen LogP contribution in [0.4, 0.5) is 0 Å². The molecule has 0 aliphatic carbocycles. The van der Waals surface area contributed by atoms with Gasteiger partial charge in [0.1, 0.15) is 24.4 Å². The number of aromatic amines is 1. The first-order chi connectivity index (χ1) is 10.8. The predicted octanol–water partition coefficient (Wildman–Crippen LogP) is 1.49. The predicted molar refractivity (Wildman–Crippen MR) is 83.2 cm³/mol. The molecule has 2 rings (SSSR count). The second kappa shape index (κ2) is 8.93. The summed E-state index contributed by atoms with van der Waals surface area (Å²) in [4.78, 5) is 15.5. The summed E-state index contributed by atoms with van der Waals surface area (Å²) in [5.74, 6) is 1.77. The fourth-order valence-electron chi connectivity index (χ4n) is 1.61. The van der Waals surface area contributed by atoms with Crippen molar-refractivity contribution in [3.05, 3.63) is 30.6 Å². The van der Waals surface area contributed by atoms with Crippen LogP contribution in [-0.4, -0.2) is 46.6 Å². The average molecular weight is 322 g/mol. The molecule has 0 aliphatic rings. The van der Waals surface area contributed by atoms with Gasteiger partial charge in [0.15, 0.2) is 5.16 Å². The Morgan fingerprint density at radius 1 is 1.27 bits per heavy atom. The zero-order chi connectivity index (χ0) is 15.6. The van der Waals surface area contributed by atoms with Crippen LogP contribution in [0.15, 0.2) is 35.7 Å². The summed E-state index contributed by atoms with van der Waals surface area (Å²) in [6, 6.07) is 7.38. The zero-order valence-electron chi connectivity index (χ0n) is 12.2. The number of aromatic nitrogens is 3. The van der Waals surface area contributed by atoms with Crippen LogP contribution in [0.5, 0.6) is 11.5 Å². The molecule has 2 aromatic rings. The van der Waals surface area contributed by atoms with E-state index in [1.807, 2.05) is 31.2 Å². The lowest BCUT2D eigenvalue weighted by Crippen LogP contribution is -2.29. The third-order valence-corrected chi connectivity index (χ3v) is 3.44. The molecule has 1 amide bonds. The van der Waals surface area contributed by atoms with Crippen LogP contribution in [-0.2, 0) is 4.79 Å². The third-order valence-electron chi connectivity index (χ3n) is 2.56. The maximum atomic E-state index is 11.6. The second-order valence-electron chi connectivity index (χ2n) is 4.18. The quantitative estimate of drug-likeness (QED) is 0.537. The highest BCUT2D eigenvalue weighted by Gasteiger charge is 2.04. The molecule has 118 valence electrons. The number of thioether (sulfide) groups is 1. The van der Waals surface area contributed by atoms with Gasteiger partial charge in [-0.15, -0.1) is 0 Å². The number of rotatable bonds is 9. The molecule has 0 saturated heterocycles. The average Bonchev–Trinajstić information content (AvgIpc) is 3.05. The molecule has 0 unspecified atom stereocenters. The Hall–Kier alpha value is -2.22. The Morgan fingerprint density at radius 3 is 2.64 bits per heavy atom. The van der Waals surface area contributed by atoms with E-state index in [9.17, 15) is 4.79 Å². The number of amides is 1. The molecule has 7 nitrogen and oxygen atoms in total. The molecule has 1 aromatic carbocycles. The fraction of sp³-hybridized carbons (Fsp3) is 0.357. The van der Waals surface area contributed by atoms with Gasteiger partial charge in [0, 0.05) is 0 Å². The number of hydrogen-bond acceptors (Lipinski definition) is 6. The Bertz CT molecular complexity index is 560. The van der Waals surface area contributed by atoms with Crippen molar-refractivity contribution in [1.29, 1.82) is 0 Å².